The van der Waals surface area contributed by atoms with Crippen LogP contribution in [0.25, 0.3) is 0 Å². The van der Waals surface area contributed by atoms with Crippen molar-refractivity contribution in [3.8, 4) is 0 Å². The van der Waals surface area contributed by atoms with Crippen molar-refractivity contribution >= 4 is 5.97 Å². The average Bonchev–Trinajstić information content (AvgIpc) is 2.18. The van der Waals surface area contributed by atoms with Crippen molar-refractivity contribution in [2.24, 2.45) is 11.3 Å². The van der Waals surface area contributed by atoms with Crippen molar-refractivity contribution in [2.75, 3.05) is 13.2 Å². The minimum Gasteiger partial charge on any atom is -0.481 e. The van der Waals surface area contributed by atoms with E-state index in [4.69, 9.17) is 5.11 Å². The molecule has 1 rings (SSSR count). The molecule has 1 aliphatic rings. The first-order valence-electron chi connectivity index (χ1n) is 4.44. The molecule has 0 amide bonds. The first-order valence-corrected chi connectivity index (χ1v) is 4.44. The summed E-state index contributed by atoms with van der Waals surface area (Å²) < 4.78 is 0. The summed E-state index contributed by atoms with van der Waals surface area (Å²) in [6.45, 7) is -0.495. The Bertz CT molecular complexity index is 263. The molecule has 0 radical (unpaired) electrons. The molecule has 0 aromatic carbocycles. The molecule has 0 aromatic rings. The molecular weight excluding hydrogens is 184 g/mol. The standard InChI is InChI=1S/C10H14O4/c11-6-10(7-12)4-2-1-3-8(10)5-9(13)14/h1-4,8,11-12H,5-7H2,(H,13,14). The van der Waals surface area contributed by atoms with Crippen molar-refractivity contribution in [3.63, 3.8) is 0 Å². The van der Waals surface area contributed by atoms with Crippen LogP contribution in [-0.2, 0) is 4.79 Å². The predicted octanol–water partition coefficient (Wildman–Crippen LogP) is 0.174. The molecule has 14 heavy (non-hydrogen) atoms. The number of aliphatic hydroxyl groups excluding tert-OH is 2. The Morgan fingerprint density at radius 3 is 2.43 bits per heavy atom. The van der Waals surface area contributed by atoms with Gasteiger partial charge in [0.1, 0.15) is 0 Å². The Labute approximate surface area is 82.2 Å². The lowest BCUT2D eigenvalue weighted by atomic mass is 9.72. The zero-order chi connectivity index (χ0) is 10.6. The monoisotopic (exact) mass is 198 g/mol. The highest BCUT2D eigenvalue weighted by atomic mass is 16.4. The van der Waals surface area contributed by atoms with Gasteiger partial charge in [-0.05, 0) is 0 Å². The lowest BCUT2D eigenvalue weighted by molar-refractivity contribution is -0.138. The molecule has 0 bridgehead atoms. The fourth-order valence-corrected chi connectivity index (χ4v) is 1.61. The zero-order valence-corrected chi connectivity index (χ0v) is 7.76. The van der Waals surface area contributed by atoms with Crippen LogP contribution in [-0.4, -0.2) is 34.5 Å². The molecule has 1 atom stereocenters. The smallest absolute Gasteiger partial charge is 0.303 e. The number of allylic oxidation sites excluding steroid dienone is 3. The van der Waals surface area contributed by atoms with Gasteiger partial charge in [0.15, 0.2) is 0 Å². The molecule has 0 spiro atoms. The minimum absolute atomic E-state index is 0.0814. The van der Waals surface area contributed by atoms with E-state index >= 15 is 0 Å². The second kappa shape index (κ2) is 4.39. The molecule has 4 nitrogen and oxygen atoms in total. The van der Waals surface area contributed by atoms with E-state index in [0.717, 1.165) is 0 Å². The third kappa shape index (κ3) is 2.02. The lowest BCUT2D eigenvalue weighted by Crippen LogP contribution is -2.37. The van der Waals surface area contributed by atoms with Crippen molar-refractivity contribution in [3.05, 3.63) is 24.3 Å². The number of carbonyl (C=O) groups is 1. The van der Waals surface area contributed by atoms with E-state index in [2.05, 4.69) is 0 Å². The number of hydrogen-bond donors (Lipinski definition) is 3. The van der Waals surface area contributed by atoms with Gasteiger partial charge >= 0.3 is 5.97 Å². The lowest BCUT2D eigenvalue weighted by Gasteiger charge is -2.34. The van der Waals surface area contributed by atoms with E-state index in [1.807, 2.05) is 0 Å². The second-order valence-corrected chi connectivity index (χ2v) is 3.50. The maximum Gasteiger partial charge on any atom is 0.303 e. The number of carboxylic acid groups (broad SMARTS) is 1. The van der Waals surface area contributed by atoms with Crippen LogP contribution in [0.3, 0.4) is 0 Å². The van der Waals surface area contributed by atoms with Gasteiger partial charge < -0.3 is 15.3 Å². The number of aliphatic hydroxyl groups is 2. The largest absolute Gasteiger partial charge is 0.481 e. The topological polar surface area (TPSA) is 77.8 Å². The first-order chi connectivity index (χ1) is 6.64. The summed E-state index contributed by atoms with van der Waals surface area (Å²) in [7, 11) is 0. The molecule has 0 fully saturated rings. The molecule has 0 aliphatic heterocycles. The summed E-state index contributed by atoms with van der Waals surface area (Å²) in [6.07, 6.45) is 6.74. The fourth-order valence-electron chi connectivity index (χ4n) is 1.61. The highest BCUT2D eigenvalue weighted by molar-refractivity contribution is 5.67. The van der Waals surface area contributed by atoms with Crippen LogP contribution < -0.4 is 0 Å². The van der Waals surface area contributed by atoms with Crippen LogP contribution in [0.1, 0.15) is 6.42 Å². The van der Waals surface area contributed by atoms with E-state index in [0.29, 0.717) is 0 Å². The molecule has 0 saturated heterocycles. The highest BCUT2D eigenvalue weighted by Crippen LogP contribution is 2.34. The van der Waals surface area contributed by atoms with Crippen molar-refractivity contribution < 1.29 is 20.1 Å². The molecule has 0 aromatic heterocycles. The van der Waals surface area contributed by atoms with Gasteiger partial charge in [0.25, 0.3) is 0 Å². The predicted molar refractivity (Wildman–Crippen MR) is 50.6 cm³/mol. The van der Waals surface area contributed by atoms with Crippen molar-refractivity contribution in [1.29, 1.82) is 0 Å². The Kier molecular flexibility index (Phi) is 3.43. The fraction of sp³-hybridized carbons (Fsp3) is 0.500. The maximum atomic E-state index is 10.6. The number of aliphatic carboxylic acids is 1. The molecule has 0 heterocycles. The van der Waals surface area contributed by atoms with E-state index in [1.54, 1.807) is 24.3 Å². The zero-order valence-electron chi connectivity index (χ0n) is 7.76. The molecule has 4 heteroatoms. The molecular formula is C10H14O4. The third-order valence-electron chi connectivity index (χ3n) is 2.60. The third-order valence-corrected chi connectivity index (χ3v) is 2.60. The molecule has 1 unspecified atom stereocenters. The maximum absolute atomic E-state index is 10.6. The summed E-state index contributed by atoms with van der Waals surface area (Å²) in [6, 6.07) is 0. The Morgan fingerprint density at radius 1 is 1.29 bits per heavy atom. The summed E-state index contributed by atoms with van der Waals surface area (Å²) in [5.41, 5.74) is -0.826. The summed E-state index contributed by atoms with van der Waals surface area (Å²) in [5, 5.41) is 27.0. The van der Waals surface area contributed by atoms with Gasteiger partial charge in [0, 0.05) is 11.3 Å². The molecule has 3 N–H and O–H groups in total. The normalized spacial score (nSPS) is 23.7. The van der Waals surface area contributed by atoms with Gasteiger partial charge in [0.2, 0.25) is 0 Å². The SMILES string of the molecule is O=C(O)CC1C=CC=CC1(CO)CO. The summed E-state index contributed by atoms with van der Waals surface area (Å²) in [4.78, 5) is 10.6. The minimum atomic E-state index is -0.929. The summed E-state index contributed by atoms with van der Waals surface area (Å²) >= 11 is 0. The van der Waals surface area contributed by atoms with Gasteiger partial charge in [-0.2, -0.15) is 0 Å². The van der Waals surface area contributed by atoms with Crippen LogP contribution >= 0.6 is 0 Å². The van der Waals surface area contributed by atoms with Gasteiger partial charge in [-0.1, -0.05) is 24.3 Å². The first kappa shape index (κ1) is 10.9. The van der Waals surface area contributed by atoms with E-state index < -0.39 is 11.4 Å². The van der Waals surface area contributed by atoms with Gasteiger partial charge in [-0.25, -0.2) is 0 Å². The van der Waals surface area contributed by atoms with Crippen LogP contribution in [0.2, 0.25) is 0 Å². The van der Waals surface area contributed by atoms with Crippen molar-refractivity contribution in [1.82, 2.24) is 0 Å². The number of hydrogen-bond acceptors (Lipinski definition) is 3. The van der Waals surface area contributed by atoms with Gasteiger partial charge in [-0.15, -0.1) is 0 Å². The van der Waals surface area contributed by atoms with Crippen LogP contribution in [0, 0.1) is 11.3 Å². The molecule has 78 valence electrons. The summed E-state index contributed by atoms with van der Waals surface area (Å²) in [5.74, 6) is -1.28. The highest BCUT2D eigenvalue weighted by Gasteiger charge is 2.36. The van der Waals surface area contributed by atoms with Gasteiger partial charge in [-0.3, -0.25) is 4.79 Å². The van der Waals surface area contributed by atoms with E-state index in [1.165, 1.54) is 0 Å². The number of rotatable bonds is 4. The second-order valence-electron chi connectivity index (χ2n) is 3.50. The van der Waals surface area contributed by atoms with Crippen LogP contribution in [0.4, 0.5) is 0 Å². The van der Waals surface area contributed by atoms with Gasteiger partial charge in [0.05, 0.1) is 19.6 Å². The number of carboxylic acids is 1. The quantitative estimate of drug-likeness (QED) is 0.602. The van der Waals surface area contributed by atoms with Crippen LogP contribution in [0.15, 0.2) is 24.3 Å². The van der Waals surface area contributed by atoms with E-state index in [-0.39, 0.29) is 25.6 Å². The Balaban J connectivity index is 2.84. The van der Waals surface area contributed by atoms with Crippen LogP contribution in [0.5, 0.6) is 0 Å². The average molecular weight is 198 g/mol. The Morgan fingerprint density at radius 2 is 1.93 bits per heavy atom. The Hall–Kier alpha value is -1.13. The molecule has 0 saturated carbocycles. The van der Waals surface area contributed by atoms with E-state index in [9.17, 15) is 15.0 Å². The molecule has 1 aliphatic carbocycles. The van der Waals surface area contributed by atoms with Crippen molar-refractivity contribution in [2.45, 2.75) is 6.42 Å².